The molecule has 1 aromatic heterocycles. The molecule has 20 heavy (non-hydrogen) atoms. The van der Waals surface area contributed by atoms with Gasteiger partial charge in [0.25, 0.3) is 5.91 Å². The Morgan fingerprint density at radius 2 is 2.25 bits per heavy atom. The van der Waals surface area contributed by atoms with E-state index in [2.05, 4.69) is 17.2 Å². The van der Waals surface area contributed by atoms with Crippen LogP contribution < -0.4 is 5.32 Å². The highest BCUT2D eigenvalue weighted by molar-refractivity contribution is 7.98. The molecule has 0 aliphatic carbocycles. The molecule has 0 fully saturated rings. The standard InChI is InChI=1S/C14H22ClN3OS/c1-5-8-16-12-7-6-11(15)13(17-12)14(19)18(3)10(2)9-20-4/h6-7,10H,5,8-9H2,1-4H3,(H,16,17). The van der Waals surface area contributed by atoms with Gasteiger partial charge in [-0.25, -0.2) is 4.98 Å². The molecule has 1 rings (SSSR count). The summed E-state index contributed by atoms with van der Waals surface area (Å²) in [5.41, 5.74) is 0.309. The monoisotopic (exact) mass is 315 g/mol. The van der Waals surface area contributed by atoms with Crippen molar-refractivity contribution in [1.29, 1.82) is 0 Å². The van der Waals surface area contributed by atoms with Crippen molar-refractivity contribution in [2.45, 2.75) is 26.3 Å². The minimum Gasteiger partial charge on any atom is -0.370 e. The highest BCUT2D eigenvalue weighted by Gasteiger charge is 2.21. The predicted octanol–water partition coefficient (Wildman–Crippen LogP) is 3.38. The molecular formula is C14H22ClN3OS. The number of pyridine rings is 1. The minimum absolute atomic E-state index is 0.141. The van der Waals surface area contributed by atoms with Gasteiger partial charge in [0.05, 0.1) is 5.02 Å². The van der Waals surface area contributed by atoms with Gasteiger partial charge in [-0.3, -0.25) is 4.79 Å². The van der Waals surface area contributed by atoms with Crippen LogP contribution in [0.3, 0.4) is 0 Å². The van der Waals surface area contributed by atoms with E-state index in [1.165, 1.54) is 0 Å². The molecule has 0 aliphatic rings. The first-order valence-electron chi connectivity index (χ1n) is 6.67. The van der Waals surface area contributed by atoms with E-state index in [1.54, 1.807) is 35.8 Å². The van der Waals surface area contributed by atoms with Crippen LogP contribution in [0, 0.1) is 0 Å². The Morgan fingerprint density at radius 3 is 2.85 bits per heavy atom. The van der Waals surface area contributed by atoms with Gasteiger partial charge in [0.1, 0.15) is 11.5 Å². The zero-order valence-corrected chi connectivity index (χ0v) is 14.0. The van der Waals surface area contributed by atoms with Crippen LogP contribution in [-0.2, 0) is 0 Å². The average molecular weight is 316 g/mol. The quantitative estimate of drug-likeness (QED) is 0.838. The van der Waals surface area contributed by atoms with Crippen molar-refractivity contribution in [3.05, 3.63) is 22.8 Å². The third-order valence-corrected chi connectivity index (χ3v) is 4.11. The second-order valence-corrected chi connectivity index (χ2v) is 5.99. The van der Waals surface area contributed by atoms with Gasteiger partial charge in [0.2, 0.25) is 0 Å². The van der Waals surface area contributed by atoms with E-state index in [4.69, 9.17) is 11.6 Å². The number of hydrogen-bond donors (Lipinski definition) is 1. The molecule has 1 heterocycles. The number of hydrogen-bond acceptors (Lipinski definition) is 4. The second kappa shape index (κ2) is 8.37. The van der Waals surface area contributed by atoms with Gasteiger partial charge in [-0.05, 0) is 31.7 Å². The maximum atomic E-state index is 12.4. The molecule has 1 unspecified atom stereocenters. The summed E-state index contributed by atoms with van der Waals surface area (Å²) in [4.78, 5) is 18.5. The van der Waals surface area contributed by atoms with Gasteiger partial charge in [-0.15, -0.1) is 0 Å². The van der Waals surface area contributed by atoms with E-state index in [-0.39, 0.29) is 11.9 Å². The lowest BCUT2D eigenvalue weighted by Crippen LogP contribution is -2.37. The first-order chi connectivity index (χ1) is 9.51. The number of carbonyl (C=O) groups is 1. The van der Waals surface area contributed by atoms with Gasteiger partial charge in [0, 0.05) is 25.4 Å². The summed E-state index contributed by atoms with van der Waals surface area (Å²) >= 11 is 7.82. The lowest BCUT2D eigenvalue weighted by atomic mass is 10.2. The summed E-state index contributed by atoms with van der Waals surface area (Å²) in [5.74, 6) is 1.43. The Balaban J connectivity index is 2.90. The minimum atomic E-state index is -0.142. The van der Waals surface area contributed by atoms with Crippen LogP contribution in [-0.4, -0.2) is 47.4 Å². The molecule has 1 aromatic rings. The molecular weight excluding hydrogens is 294 g/mol. The number of nitrogens with zero attached hydrogens (tertiary/aromatic N) is 2. The van der Waals surface area contributed by atoms with Crippen molar-refractivity contribution < 1.29 is 4.79 Å². The van der Waals surface area contributed by atoms with Gasteiger partial charge in [-0.2, -0.15) is 11.8 Å². The molecule has 1 atom stereocenters. The lowest BCUT2D eigenvalue weighted by molar-refractivity contribution is 0.0752. The van der Waals surface area contributed by atoms with E-state index >= 15 is 0 Å². The number of nitrogens with one attached hydrogen (secondary N) is 1. The number of thioether (sulfide) groups is 1. The van der Waals surface area contributed by atoms with E-state index in [9.17, 15) is 4.79 Å². The molecule has 0 bridgehead atoms. The van der Waals surface area contributed by atoms with Crippen LogP contribution in [0.25, 0.3) is 0 Å². The van der Waals surface area contributed by atoms with Gasteiger partial charge >= 0.3 is 0 Å². The highest BCUT2D eigenvalue weighted by Crippen LogP contribution is 2.19. The number of amides is 1. The molecule has 6 heteroatoms. The molecule has 0 spiro atoms. The third kappa shape index (κ3) is 4.56. The predicted molar refractivity (Wildman–Crippen MR) is 88.0 cm³/mol. The molecule has 0 aliphatic heterocycles. The number of rotatable bonds is 7. The van der Waals surface area contributed by atoms with Crippen molar-refractivity contribution in [3.8, 4) is 0 Å². The van der Waals surface area contributed by atoms with Crippen molar-refractivity contribution in [1.82, 2.24) is 9.88 Å². The average Bonchev–Trinajstić information content (AvgIpc) is 2.45. The van der Waals surface area contributed by atoms with Gasteiger partial charge < -0.3 is 10.2 Å². The smallest absolute Gasteiger partial charge is 0.274 e. The van der Waals surface area contributed by atoms with E-state index in [0.29, 0.717) is 16.5 Å². The largest absolute Gasteiger partial charge is 0.370 e. The zero-order valence-electron chi connectivity index (χ0n) is 12.4. The number of anilines is 1. The fraction of sp³-hybridized carbons (Fsp3) is 0.571. The third-order valence-electron chi connectivity index (χ3n) is 2.99. The van der Waals surface area contributed by atoms with Crippen LogP contribution in [0.15, 0.2) is 12.1 Å². The molecule has 1 N–H and O–H groups in total. The van der Waals surface area contributed by atoms with Crippen LogP contribution in [0.4, 0.5) is 5.82 Å². The summed E-state index contributed by atoms with van der Waals surface area (Å²) in [5, 5.41) is 3.55. The molecule has 1 amide bonds. The zero-order chi connectivity index (χ0) is 15.1. The summed E-state index contributed by atoms with van der Waals surface area (Å²) in [6, 6.07) is 3.65. The SMILES string of the molecule is CCCNc1ccc(Cl)c(C(=O)N(C)C(C)CSC)n1. The highest BCUT2D eigenvalue weighted by atomic mass is 35.5. The van der Waals surface area contributed by atoms with Crippen molar-refractivity contribution >= 4 is 35.1 Å². The van der Waals surface area contributed by atoms with E-state index < -0.39 is 0 Å². The summed E-state index contributed by atoms with van der Waals surface area (Å²) in [7, 11) is 1.79. The Morgan fingerprint density at radius 1 is 1.55 bits per heavy atom. The summed E-state index contributed by atoms with van der Waals surface area (Å²) in [6.07, 6.45) is 3.02. The van der Waals surface area contributed by atoms with Crippen LogP contribution in [0.1, 0.15) is 30.8 Å². The summed E-state index contributed by atoms with van der Waals surface area (Å²) < 4.78 is 0. The Kier molecular flexibility index (Phi) is 7.16. The normalized spacial score (nSPS) is 12.1. The van der Waals surface area contributed by atoms with Crippen molar-refractivity contribution in [2.75, 3.05) is 30.9 Å². The number of carbonyl (C=O) groups excluding carboxylic acids is 1. The molecule has 112 valence electrons. The maximum Gasteiger partial charge on any atom is 0.274 e. The first-order valence-corrected chi connectivity index (χ1v) is 8.45. The summed E-state index contributed by atoms with van der Waals surface area (Å²) in [6.45, 7) is 4.91. The van der Waals surface area contributed by atoms with Gasteiger partial charge in [0.15, 0.2) is 0 Å². The van der Waals surface area contributed by atoms with E-state index in [0.717, 1.165) is 18.7 Å². The Labute approximate surface area is 130 Å². The first kappa shape index (κ1) is 17.1. The lowest BCUT2D eigenvalue weighted by Gasteiger charge is -2.24. The Hall–Kier alpha value is -0.940. The second-order valence-electron chi connectivity index (χ2n) is 4.67. The van der Waals surface area contributed by atoms with E-state index in [1.807, 2.05) is 13.2 Å². The molecule has 0 saturated heterocycles. The molecule has 0 aromatic carbocycles. The topological polar surface area (TPSA) is 45.2 Å². The van der Waals surface area contributed by atoms with Crippen molar-refractivity contribution in [3.63, 3.8) is 0 Å². The maximum absolute atomic E-state index is 12.4. The van der Waals surface area contributed by atoms with Crippen LogP contribution >= 0.6 is 23.4 Å². The van der Waals surface area contributed by atoms with Gasteiger partial charge in [-0.1, -0.05) is 18.5 Å². The van der Waals surface area contributed by atoms with Crippen molar-refractivity contribution in [2.24, 2.45) is 0 Å². The van der Waals surface area contributed by atoms with Crippen LogP contribution in [0.2, 0.25) is 5.02 Å². The van der Waals surface area contributed by atoms with Crippen LogP contribution in [0.5, 0.6) is 0 Å². The Bertz CT molecular complexity index is 456. The molecule has 0 radical (unpaired) electrons. The number of aromatic nitrogens is 1. The molecule has 4 nitrogen and oxygen atoms in total. The number of halogens is 1. The fourth-order valence-corrected chi connectivity index (χ4v) is 2.56. The molecule has 0 saturated carbocycles. The fourth-order valence-electron chi connectivity index (χ4n) is 1.66.